The van der Waals surface area contributed by atoms with E-state index < -0.39 is 11.7 Å². The molecule has 0 aliphatic carbocycles. The predicted molar refractivity (Wildman–Crippen MR) is 84.7 cm³/mol. The van der Waals surface area contributed by atoms with Crippen LogP contribution in [0.4, 0.5) is 21.0 Å². The fraction of sp³-hybridized carbons (Fsp3) is 0.231. The first-order chi connectivity index (χ1) is 10.0. The molecule has 4 N–H and O–H groups in total. The molecule has 1 aromatic carbocycles. The summed E-state index contributed by atoms with van der Waals surface area (Å²) in [6.07, 6.45) is 0.922. The molecule has 0 fully saturated rings. The van der Waals surface area contributed by atoms with E-state index in [0.29, 0.717) is 5.13 Å². The molecule has 8 heteroatoms. The lowest BCUT2D eigenvalue weighted by atomic mass is 10.3. The topological polar surface area (TPSA) is 80.0 Å². The van der Waals surface area contributed by atoms with E-state index in [-0.39, 0.29) is 21.4 Å². The third kappa shape index (κ3) is 3.62. The van der Waals surface area contributed by atoms with E-state index in [1.807, 2.05) is 6.92 Å². The summed E-state index contributed by atoms with van der Waals surface area (Å²) >= 11 is 6.98. The van der Waals surface area contributed by atoms with Crippen LogP contribution in [0.5, 0.6) is 0 Å². The van der Waals surface area contributed by atoms with Crippen molar-refractivity contribution in [2.24, 2.45) is 0 Å². The molecule has 5 nitrogen and oxygen atoms in total. The van der Waals surface area contributed by atoms with Crippen LogP contribution >= 0.6 is 22.9 Å². The summed E-state index contributed by atoms with van der Waals surface area (Å²) < 4.78 is 13.6. The highest BCUT2D eigenvalue weighted by atomic mass is 35.5. The number of nitrogens with zero attached hydrogens (tertiary/aromatic N) is 1. The predicted octanol–water partition coefficient (Wildman–Crippen LogP) is 3.59. The number of hydrogen-bond acceptors (Lipinski definition) is 5. The number of benzene rings is 1. The highest BCUT2D eigenvalue weighted by Gasteiger charge is 2.18. The zero-order valence-corrected chi connectivity index (χ0v) is 12.8. The van der Waals surface area contributed by atoms with Crippen LogP contribution in [0.25, 0.3) is 0 Å². The second-order valence-electron chi connectivity index (χ2n) is 4.21. The van der Waals surface area contributed by atoms with Crippen LogP contribution in [0, 0.1) is 5.82 Å². The summed E-state index contributed by atoms with van der Waals surface area (Å²) in [4.78, 5) is 16.4. The van der Waals surface area contributed by atoms with Gasteiger partial charge in [-0.05, 0) is 18.6 Å². The van der Waals surface area contributed by atoms with Gasteiger partial charge in [0.2, 0.25) is 0 Å². The first kappa shape index (κ1) is 15.5. The van der Waals surface area contributed by atoms with Gasteiger partial charge in [0.05, 0.1) is 10.7 Å². The number of carbonyl (C=O) groups excluding carboxylic acids is 1. The van der Waals surface area contributed by atoms with E-state index in [1.165, 1.54) is 18.2 Å². The van der Waals surface area contributed by atoms with E-state index in [0.717, 1.165) is 24.3 Å². The quantitative estimate of drug-likeness (QED) is 0.783. The monoisotopic (exact) mass is 328 g/mol. The minimum absolute atomic E-state index is 0.0694. The Morgan fingerprint density at radius 2 is 2.29 bits per heavy atom. The van der Waals surface area contributed by atoms with Gasteiger partial charge in [0.1, 0.15) is 16.5 Å². The van der Waals surface area contributed by atoms with Crippen molar-refractivity contribution in [1.29, 1.82) is 0 Å². The van der Waals surface area contributed by atoms with Gasteiger partial charge in [0, 0.05) is 6.54 Å². The number of para-hydroxylation sites is 1. The number of nitrogen functional groups attached to an aromatic ring is 1. The molecule has 1 amide bonds. The summed E-state index contributed by atoms with van der Waals surface area (Å²) in [5, 5.41) is 6.14. The van der Waals surface area contributed by atoms with Crippen LogP contribution in [0.3, 0.4) is 0 Å². The maximum atomic E-state index is 13.6. The fourth-order valence-corrected chi connectivity index (χ4v) is 2.61. The second-order valence-corrected chi connectivity index (χ2v) is 5.62. The van der Waals surface area contributed by atoms with E-state index in [1.54, 1.807) is 0 Å². The summed E-state index contributed by atoms with van der Waals surface area (Å²) in [5.41, 5.74) is 5.65. The Morgan fingerprint density at radius 1 is 1.52 bits per heavy atom. The number of nitrogens with two attached hydrogens (primary N) is 1. The summed E-state index contributed by atoms with van der Waals surface area (Å²) in [6, 6.07) is 4.16. The van der Waals surface area contributed by atoms with Crippen LogP contribution in [0.2, 0.25) is 5.02 Å². The minimum atomic E-state index is -0.608. The molecule has 0 unspecified atom stereocenters. The number of nitrogens with one attached hydrogen (secondary N) is 2. The Labute approximate surface area is 130 Å². The Balaban J connectivity index is 2.19. The molecule has 0 spiro atoms. The Morgan fingerprint density at radius 3 is 2.95 bits per heavy atom. The normalized spacial score (nSPS) is 10.4. The summed E-state index contributed by atoms with van der Waals surface area (Å²) in [7, 11) is 0. The molecule has 0 bridgehead atoms. The van der Waals surface area contributed by atoms with Crippen LogP contribution in [-0.2, 0) is 0 Å². The molecule has 0 atom stereocenters. The first-order valence-electron chi connectivity index (χ1n) is 6.28. The van der Waals surface area contributed by atoms with Crippen LogP contribution < -0.4 is 16.4 Å². The number of carbonyl (C=O) groups is 1. The van der Waals surface area contributed by atoms with E-state index in [9.17, 15) is 9.18 Å². The lowest BCUT2D eigenvalue weighted by Gasteiger charge is -2.07. The van der Waals surface area contributed by atoms with Gasteiger partial charge in [-0.25, -0.2) is 9.37 Å². The highest BCUT2D eigenvalue weighted by molar-refractivity contribution is 7.18. The van der Waals surface area contributed by atoms with Gasteiger partial charge in [-0.3, -0.25) is 4.79 Å². The third-order valence-corrected chi connectivity index (χ3v) is 3.93. The Hall–Kier alpha value is -1.86. The lowest BCUT2D eigenvalue weighted by Crippen LogP contribution is -2.13. The molecule has 1 heterocycles. The van der Waals surface area contributed by atoms with Crippen molar-refractivity contribution in [3.05, 3.63) is 33.9 Å². The number of aromatic nitrogens is 1. The van der Waals surface area contributed by atoms with Gasteiger partial charge in [0.25, 0.3) is 5.91 Å². The van der Waals surface area contributed by atoms with Crippen molar-refractivity contribution in [3.8, 4) is 0 Å². The smallest absolute Gasteiger partial charge is 0.269 e. The van der Waals surface area contributed by atoms with Gasteiger partial charge < -0.3 is 16.4 Å². The zero-order chi connectivity index (χ0) is 15.4. The molecule has 0 aliphatic rings. The minimum Gasteiger partial charge on any atom is -0.382 e. The maximum Gasteiger partial charge on any atom is 0.269 e. The fourth-order valence-electron chi connectivity index (χ4n) is 1.59. The van der Waals surface area contributed by atoms with Crippen molar-refractivity contribution in [2.45, 2.75) is 13.3 Å². The molecule has 1 aromatic heterocycles. The van der Waals surface area contributed by atoms with E-state index in [2.05, 4.69) is 15.6 Å². The van der Waals surface area contributed by atoms with Gasteiger partial charge in [-0.1, -0.05) is 35.9 Å². The molecule has 112 valence electrons. The zero-order valence-electron chi connectivity index (χ0n) is 11.2. The standard InChI is InChI=1S/C13H14ClFN4OS/c1-2-6-17-13-19-11(16)10(21-13)12(20)18-9-7(14)4-3-5-8(9)15/h3-5H,2,6,16H2,1H3,(H,17,19)(H,18,20). The number of hydrogen-bond donors (Lipinski definition) is 3. The highest BCUT2D eigenvalue weighted by Crippen LogP contribution is 2.29. The first-order valence-corrected chi connectivity index (χ1v) is 7.48. The number of amides is 1. The van der Waals surface area contributed by atoms with E-state index in [4.69, 9.17) is 17.3 Å². The largest absolute Gasteiger partial charge is 0.382 e. The molecule has 21 heavy (non-hydrogen) atoms. The lowest BCUT2D eigenvalue weighted by molar-refractivity contribution is 0.103. The molecular formula is C13H14ClFN4OS. The van der Waals surface area contributed by atoms with Crippen LogP contribution in [0.1, 0.15) is 23.0 Å². The number of anilines is 3. The molecule has 0 saturated carbocycles. The van der Waals surface area contributed by atoms with Crippen LogP contribution in [-0.4, -0.2) is 17.4 Å². The van der Waals surface area contributed by atoms with Crippen molar-refractivity contribution in [2.75, 3.05) is 22.9 Å². The van der Waals surface area contributed by atoms with Gasteiger partial charge >= 0.3 is 0 Å². The average molecular weight is 329 g/mol. The van der Waals surface area contributed by atoms with Crippen molar-refractivity contribution in [3.63, 3.8) is 0 Å². The Kier molecular flexibility index (Phi) is 4.98. The molecule has 0 radical (unpaired) electrons. The van der Waals surface area contributed by atoms with Crippen molar-refractivity contribution >= 4 is 45.5 Å². The number of thiazole rings is 1. The van der Waals surface area contributed by atoms with E-state index >= 15 is 0 Å². The summed E-state index contributed by atoms with van der Waals surface area (Å²) in [6.45, 7) is 2.74. The van der Waals surface area contributed by atoms with Gasteiger partial charge in [-0.15, -0.1) is 0 Å². The molecular weight excluding hydrogens is 315 g/mol. The number of halogens is 2. The third-order valence-electron chi connectivity index (χ3n) is 2.59. The van der Waals surface area contributed by atoms with Crippen molar-refractivity contribution in [1.82, 2.24) is 4.98 Å². The molecule has 0 saturated heterocycles. The Bertz CT molecular complexity index is 641. The molecule has 2 aromatic rings. The maximum absolute atomic E-state index is 13.6. The van der Waals surface area contributed by atoms with Crippen LogP contribution in [0.15, 0.2) is 18.2 Å². The summed E-state index contributed by atoms with van der Waals surface area (Å²) in [5.74, 6) is -1.05. The SMILES string of the molecule is CCCNc1nc(N)c(C(=O)Nc2c(F)cccc2Cl)s1. The molecule has 0 aliphatic heterocycles. The molecule has 2 rings (SSSR count). The second kappa shape index (κ2) is 6.73. The van der Waals surface area contributed by atoms with Crippen molar-refractivity contribution < 1.29 is 9.18 Å². The van der Waals surface area contributed by atoms with Gasteiger partial charge in [-0.2, -0.15) is 0 Å². The van der Waals surface area contributed by atoms with Gasteiger partial charge in [0.15, 0.2) is 5.13 Å². The number of rotatable bonds is 5. The average Bonchev–Trinajstić information content (AvgIpc) is 2.82.